The first kappa shape index (κ1) is 27.8. The SMILES string of the molecule is CCc1cccc(CC)c1NC(=O)COC(=O)c1ccccc1N1C(=O)[C@@H]2C3c4ccccc4C(c4ccccc43)[C@H]2C1=O. The number of ether oxygens (including phenoxy) is 1. The van der Waals surface area contributed by atoms with Gasteiger partial charge in [0.15, 0.2) is 6.61 Å². The number of anilines is 2. The zero-order valence-corrected chi connectivity index (χ0v) is 24.6. The van der Waals surface area contributed by atoms with Gasteiger partial charge in [-0.3, -0.25) is 14.4 Å². The molecular formula is C37H32N2O5. The molecule has 7 nitrogen and oxygen atoms in total. The summed E-state index contributed by atoms with van der Waals surface area (Å²) in [6.45, 7) is 3.53. The standard InChI is InChI=1S/C37H32N2O5/c1-3-21-12-11-13-22(4-2)34(21)38-29(40)20-44-37(43)27-18-9-10-19-28(27)39-35(41)32-30-23-14-5-6-15-24(23)31(33(32)36(39)42)26-17-8-7-16-25(26)30/h5-19,30-33H,3-4,20H2,1-2H3,(H,38,40)/t30?,31?,32-,33-/m1/s1. The lowest BCUT2D eigenvalue weighted by Crippen LogP contribution is -2.41. The summed E-state index contributed by atoms with van der Waals surface area (Å²) in [6.07, 6.45) is 1.49. The minimum Gasteiger partial charge on any atom is -0.452 e. The van der Waals surface area contributed by atoms with Gasteiger partial charge in [-0.25, -0.2) is 9.69 Å². The Morgan fingerprint density at radius 1 is 0.682 bits per heavy atom. The van der Waals surface area contributed by atoms with Crippen molar-refractivity contribution < 1.29 is 23.9 Å². The Morgan fingerprint density at radius 2 is 1.16 bits per heavy atom. The Bertz CT molecular complexity index is 1710. The number of carbonyl (C=O) groups is 4. The number of hydrogen-bond acceptors (Lipinski definition) is 5. The molecule has 0 aromatic heterocycles. The van der Waals surface area contributed by atoms with Crippen LogP contribution in [0.3, 0.4) is 0 Å². The molecule has 1 fully saturated rings. The molecule has 4 aromatic rings. The van der Waals surface area contributed by atoms with E-state index in [0.717, 1.165) is 51.9 Å². The molecular weight excluding hydrogens is 552 g/mol. The molecule has 1 N–H and O–H groups in total. The number of imide groups is 1. The number of hydrogen-bond donors (Lipinski definition) is 1. The van der Waals surface area contributed by atoms with E-state index in [4.69, 9.17) is 4.74 Å². The van der Waals surface area contributed by atoms with Gasteiger partial charge < -0.3 is 10.1 Å². The van der Waals surface area contributed by atoms with Gasteiger partial charge in [-0.2, -0.15) is 0 Å². The van der Waals surface area contributed by atoms with Crippen molar-refractivity contribution in [3.63, 3.8) is 0 Å². The third-order valence-corrected chi connectivity index (χ3v) is 9.41. The molecule has 220 valence electrons. The van der Waals surface area contributed by atoms with Crippen LogP contribution in [0, 0.1) is 11.8 Å². The summed E-state index contributed by atoms with van der Waals surface area (Å²) in [5.41, 5.74) is 7.30. The molecule has 3 amide bonds. The maximum Gasteiger partial charge on any atom is 0.340 e. The van der Waals surface area contributed by atoms with Gasteiger partial charge in [0.2, 0.25) is 11.8 Å². The summed E-state index contributed by atoms with van der Waals surface area (Å²) < 4.78 is 5.45. The molecule has 0 saturated carbocycles. The lowest BCUT2D eigenvalue weighted by molar-refractivity contribution is -0.122. The average molecular weight is 585 g/mol. The normalized spacial score (nSPS) is 21.0. The Morgan fingerprint density at radius 3 is 1.66 bits per heavy atom. The minimum absolute atomic E-state index is 0.0613. The lowest BCUT2D eigenvalue weighted by Gasteiger charge is -2.45. The van der Waals surface area contributed by atoms with Gasteiger partial charge in [-0.1, -0.05) is 92.7 Å². The van der Waals surface area contributed by atoms with E-state index < -0.39 is 30.3 Å². The summed E-state index contributed by atoms with van der Waals surface area (Å²) in [7, 11) is 0. The molecule has 2 bridgehead atoms. The molecule has 0 unspecified atom stereocenters. The highest BCUT2D eigenvalue weighted by Gasteiger charge is 2.62. The van der Waals surface area contributed by atoms with E-state index in [9.17, 15) is 19.2 Å². The highest BCUT2D eigenvalue weighted by molar-refractivity contribution is 6.25. The second-order valence-electron chi connectivity index (χ2n) is 11.6. The zero-order chi connectivity index (χ0) is 30.5. The number of amides is 3. The van der Waals surface area contributed by atoms with Crippen molar-refractivity contribution in [2.75, 3.05) is 16.8 Å². The van der Waals surface area contributed by atoms with E-state index in [2.05, 4.69) is 29.6 Å². The smallest absolute Gasteiger partial charge is 0.340 e. The van der Waals surface area contributed by atoms with Gasteiger partial charge in [0, 0.05) is 17.5 Å². The first-order valence-electron chi connectivity index (χ1n) is 15.2. The van der Waals surface area contributed by atoms with Gasteiger partial charge in [-0.05, 0) is 58.4 Å². The molecule has 1 aliphatic heterocycles. The Hall–Kier alpha value is -5.04. The van der Waals surface area contributed by atoms with Crippen LogP contribution in [-0.2, 0) is 32.0 Å². The van der Waals surface area contributed by atoms with Gasteiger partial charge in [0.25, 0.3) is 5.91 Å². The molecule has 0 radical (unpaired) electrons. The van der Waals surface area contributed by atoms with Gasteiger partial charge in [0.1, 0.15) is 0 Å². The Labute approximate surface area is 255 Å². The summed E-state index contributed by atoms with van der Waals surface area (Å²) in [6, 6.07) is 28.5. The average Bonchev–Trinajstić information content (AvgIpc) is 3.33. The van der Waals surface area contributed by atoms with Crippen molar-refractivity contribution in [3.8, 4) is 0 Å². The number of nitrogens with zero attached hydrogens (tertiary/aromatic N) is 1. The second kappa shape index (κ2) is 10.9. The predicted molar refractivity (Wildman–Crippen MR) is 167 cm³/mol. The second-order valence-corrected chi connectivity index (χ2v) is 11.6. The van der Waals surface area contributed by atoms with Gasteiger partial charge >= 0.3 is 5.97 Å². The van der Waals surface area contributed by atoms with Crippen LogP contribution in [0.2, 0.25) is 0 Å². The van der Waals surface area contributed by atoms with Crippen LogP contribution in [0.5, 0.6) is 0 Å². The van der Waals surface area contributed by atoms with Crippen molar-refractivity contribution in [1.82, 2.24) is 0 Å². The molecule has 2 atom stereocenters. The van der Waals surface area contributed by atoms with E-state index in [1.165, 1.54) is 11.0 Å². The summed E-state index contributed by atoms with van der Waals surface area (Å²) in [5.74, 6) is -3.52. The number of esters is 1. The first-order chi connectivity index (χ1) is 21.4. The highest BCUT2D eigenvalue weighted by Crippen LogP contribution is 2.61. The maximum absolute atomic E-state index is 14.2. The molecule has 1 saturated heterocycles. The summed E-state index contributed by atoms with van der Waals surface area (Å²) in [4.78, 5) is 55.9. The predicted octanol–water partition coefficient (Wildman–Crippen LogP) is 6.00. The quantitative estimate of drug-likeness (QED) is 0.212. The fraction of sp³-hybridized carbons (Fsp3) is 0.243. The van der Waals surface area contributed by atoms with Crippen molar-refractivity contribution in [3.05, 3.63) is 130 Å². The molecule has 1 heterocycles. The molecule has 0 spiro atoms. The van der Waals surface area contributed by atoms with E-state index in [1.54, 1.807) is 18.2 Å². The van der Waals surface area contributed by atoms with E-state index in [0.29, 0.717) is 0 Å². The number of aryl methyl sites for hydroxylation is 2. The molecule has 8 rings (SSSR count). The van der Waals surface area contributed by atoms with Crippen molar-refractivity contribution in [2.45, 2.75) is 38.5 Å². The molecule has 3 aliphatic carbocycles. The van der Waals surface area contributed by atoms with E-state index in [-0.39, 0.29) is 34.9 Å². The van der Waals surface area contributed by atoms with E-state index in [1.807, 2.05) is 56.3 Å². The number of benzene rings is 4. The van der Waals surface area contributed by atoms with Crippen LogP contribution < -0.4 is 10.2 Å². The highest BCUT2D eigenvalue weighted by atomic mass is 16.5. The van der Waals surface area contributed by atoms with Crippen LogP contribution in [0.15, 0.2) is 91.0 Å². The van der Waals surface area contributed by atoms with E-state index >= 15 is 0 Å². The van der Waals surface area contributed by atoms with Crippen molar-refractivity contribution >= 4 is 35.1 Å². The lowest BCUT2D eigenvalue weighted by atomic mass is 9.55. The topological polar surface area (TPSA) is 92.8 Å². The number of para-hydroxylation sites is 2. The Balaban J connectivity index is 1.16. The number of nitrogens with one attached hydrogen (secondary N) is 1. The van der Waals surface area contributed by atoms with Crippen LogP contribution in [-0.4, -0.2) is 30.3 Å². The molecule has 4 aliphatic rings. The van der Waals surface area contributed by atoms with Gasteiger partial charge in [-0.15, -0.1) is 0 Å². The van der Waals surface area contributed by atoms with Crippen LogP contribution in [0.1, 0.15) is 69.4 Å². The zero-order valence-electron chi connectivity index (χ0n) is 24.6. The third-order valence-electron chi connectivity index (χ3n) is 9.41. The molecule has 44 heavy (non-hydrogen) atoms. The molecule has 7 heteroatoms. The van der Waals surface area contributed by atoms with Crippen molar-refractivity contribution in [2.24, 2.45) is 11.8 Å². The fourth-order valence-corrected chi connectivity index (χ4v) is 7.54. The number of rotatable bonds is 7. The minimum atomic E-state index is -0.778. The molecule has 4 aromatic carbocycles. The fourth-order valence-electron chi connectivity index (χ4n) is 7.54. The van der Waals surface area contributed by atoms with Crippen LogP contribution >= 0.6 is 0 Å². The number of carbonyl (C=O) groups excluding carboxylic acids is 4. The monoisotopic (exact) mass is 584 g/mol. The largest absolute Gasteiger partial charge is 0.452 e. The summed E-state index contributed by atoms with van der Waals surface area (Å²) in [5, 5.41) is 2.90. The maximum atomic E-state index is 14.2. The first-order valence-corrected chi connectivity index (χ1v) is 15.2. The summed E-state index contributed by atoms with van der Waals surface area (Å²) >= 11 is 0. The van der Waals surface area contributed by atoms with Crippen molar-refractivity contribution in [1.29, 1.82) is 0 Å². The Kier molecular flexibility index (Phi) is 6.88. The van der Waals surface area contributed by atoms with Gasteiger partial charge in [0.05, 0.1) is 23.1 Å². The van der Waals surface area contributed by atoms with Crippen LogP contribution in [0.4, 0.5) is 11.4 Å². The van der Waals surface area contributed by atoms with Crippen LogP contribution in [0.25, 0.3) is 0 Å². The third kappa shape index (κ3) is 4.18.